The van der Waals surface area contributed by atoms with Gasteiger partial charge in [0.2, 0.25) is 17.8 Å². The molecule has 0 spiro atoms. The molecule has 0 bridgehead atoms. The summed E-state index contributed by atoms with van der Waals surface area (Å²) in [5, 5.41) is 14.0. The highest BCUT2D eigenvalue weighted by Gasteiger charge is 2.18. The highest BCUT2D eigenvalue weighted by Crippen LogP contribution is 2.21. The molecule has 1 aromatic heterocycles. The second-order valence-electron chi connectivity index (χ2n) is 9.89. The monoisotopic (exact) mass is 562 g/mol. The Bertz CT molecular complexity index is 1400. The molecule has 216 valence electrons. The largest absolute Gasteiger partial charge is 0.444 e. The van der Waals surface area contributed by atoms with Crippen molar-refractivity contribution in [2.75, 3.05) is 34.4 Å². The van der Waals surface area contributed by atoms with Crippen LogP contribution in [0.25, 0.3) is 0 Å². The molecule has 0 aliphatic heterocycles. The first-order valence-corrected chi connectivity index (χ1v) is 12.9. The van der Waals surface area contributed by atoms with Gasteiger partial charge in [-0.1, -0.05) is 13.0 Å². The van der Waals surface area contributed by atoms with Crippen molar-refractivity contribution in [1.29, 1.82) is 0 Å². The van der Waals surface area contributed by atoms with Gasteiger partial charge >= 0.3 is 6.09 Å². The number of amides is 4. The van der Waals surface area contributed by atoms with Crippen LogP contribution >= 0.6 is 0 Å². The second kappa shape index (κ2) is 13.7. The second-order valence-corrected chi connectivity index (χ2v) is 9.89. The van der Waals surface area contributed by atoms with Crippen LogP contribution in [0.2, 0.25) is 0 Å². The van der Waals surface area contributed by atoms with Crippen LogP contribution in [0.5, 0.6) is 0 Å². The van der Waals surface area contributed by atoms with Crippen LogP contribution in [0, 0.1) is 0 Å². The van der Waals surface area contributed by atoms with E-state index in [0.29, 0.717) is 35.0 Å². The van der Waals surface area contributed by atoms with Gasteiger partial charge in [-0.2, -0.15) is 4.98 Å². The average Bonchev–Trinajstić information content (AvgIpc) is 2.90. The number of hydrogen-bond donors (Lipinski definition) is 6. The first kappa shape index (κ1) is 30.3. The fourth-order valence-corrected chi connectivity index (χ4v) is 3.38. The molecule has 0 fully saturated rings. The van der Waals surface area contributed by atoms with Gasteiger partial charge in [-0.3, -0.25) is 14.4 Å². The van der Waals surface area contributed by atoms with E-state index < -0.39 is 29.4 Å². The zero-order chi connectivity index (χ0) is 30.0. The maximum Gasteiger partial charge on any atom is 0.408 e. The molecule has 0 atom stereocenters. The van der Waals surface area contributed by atoms with E-state index in [1.807, 2.05) is 6.92 Å². The molecule has 13 heteroatoms. The molecule has 7 N–H and O–H groups in total. The molecule has 41 heavy (non-hydrogen) atoms. The Balaban J connectivity index is 1.67. The standard InChI is InChI=1S/C28H34N8O5/c1-5-13-30-24-21(15-31-26(36-24)35-18-11-9-17(10-12-18)23(29)38)25(39)34-20-8-6-7-19(14-20)33-22(37)16-32-27(40)41-28(2,3)4/h6-12,14-15H,5,13,16H2,1-4H3,(H2,29,38)(H,32,40)(H,33,37)(H,34,39)(H2,30,31,35,36). The van der Waals surface area contributed by atoms with Crippen molar-refractivity contribution < 1.29 is 23.9 Å². The van der Waals surface area contributed by atoms with E-state index in [4.69, 9.17) is 10.5 Å². The molecular weight excluding hydrogens is 528 g/mol. The molecule has 0 aliphatic carbocycles. The van der Waals surface area contributed by atoms with Gasteiger partial charge in [0.1, 0.15) is 23.5 Å². The quantitative estimate of drug-likeness (QED) is 0.201. The van der Waals surface area contributed by atoms with Gasteiger partial charge in [0.25, 0.3) is 5.91 Å². The van der Waals surface area contributed by atoms with Crippen molar-refractivity contribution in [3.63, 3.8) is 0 Å². The fraction of sp³-hybridized carbons (Fsp3) is 0.286. The van der Waals surface area contributed by atoms with Gasteiger partial charge < -0.3 is 37.1 Å². The van der Waals surface area contributed by atoms with Crippen molar-refractivity contribution in [2.45, 2.75) is 39.7 Å². The van der Waals surface area contributed by atoms with Crippen LogP contribution in [-0.4, -0.2) is 52.5 Å². The summed E-state index contributed by atoms with van der Waals surface area (Å²) in [6.07, 6.45) is 1.49. The first-order chi connectivity index (χ1) is 19.4. The molecule has 3 rings (SSSR count). The summed E-state index contributed by atoms with van der Waals surface area (Å²) in [4.78, 5) is 57.2. The van der Waals surface area contributed by atoms with E-state index in [2.05, 4.69) is 36.6 Å². The molecule has 0 unspecified atom stereocenters. The maximum absolute atomic E-state index is 13.1. The number of alkyl carbamates (subject to hydrolysis) is 1. The van der Waals surface area contributed by atoms with Crippen LogP contribution in [0.15, 0.2) is 54.7 Å². The minimum absolute atomic E-state index is 0.212. The average molecular weight is 563 g/mol. The number of carbonyl (C=O) groups excluding carboxylic acids is 4. The summed E-state index contributed by atoms with van der Waals surface area (Å²) >= 11 is 0. The van der Waals surface area contributed by atoms with E-state index in [-0.39, 0.29) is 18.1 Å². The molecule has 13 nitrogen and oxygen atoms in total. The highest BCUT2D eigenvalue weighted by atomic mass is 16.6. The summed E-state index contributed by atoms with van der Waals surface area (Å²) in [6.45, 7) is 7.44. The number of hydrogen-bond acceptors (Lipinski definition) is 9. The predicted molar refractivity (Wildman–Crippen MR) is 156 cm³/mol. The number of anilines is 5. The molecule has 1 heterocycles. The highest BCUT2D eigenvalue weighted by molar-refractivity contribution is 6.07. The Morgan fingerprint density at radius 2 is 1.63 bits per heavy atom. The fourth-order valence-electron chi connectivity index (χ4n) is 3.38. The summed E-state index contributed by atoms with van der Waals surface area (Å²) in [5.74, 6) is -0.885. The van der Waals surface area contributed by atoms with Crippen LogP contribution in [0.1, 0.15) is 54.8 Å². The third-order valence-corrected chi connectivity index (χ3v) is 5.20. The molecule has 2 aromatic carbocycles. The summed E-state index contributed by atoms with van der Waals surface area (Å²) in [6, 6.07) is 13.1. The van der Waals surface area contributed by atoms with E-state index in [0.717, 1.165) is 6.42 Å². The molecule has 0 saturated carbocycles. The minimum Gasteiger partial charge on any atom is -0.444 e. The Hall–Kier alpha value is -5.20. The van der Waals surface area contributed by atoms with Crippen LogP contribution < -0.4 is 32.3 Å². The Labute approximate surface area is 237 Å². The van der Waals surface area contributed by atoms with E-state index >= 15 is 0 Å². The number of benzene rings is 2. The number of carbonyl (C=O) groups is 4. The normalized spacial score (nSPS) is 10.7. The summed E-state index contributed by atoms with van der Waals surface area (Å²) in [7, 11) is 0. The van der Waals surface area contributed by atoms with Crippen molar-refractivity contribution in [3.8, 4) is 0 Å². The number of nitrogens with zero attached hydrogens (tertiary/aromatic N) is 2. The van der Waals surface area contributed by atoms with Gasteiger partial charge in [0.05, 0.1) is 0 Å². The zero-order valence-corrected chi connectivity index (χ0v) is 23.3. The third kappa shape index (κ3) is 9.80. The van der Waals surface area contributed by atoms with Crippen molar-refractivity contribution in [2.24, 2.45) is 5.73 Å². The Kier molecular flexibility index (Phi) is 10.2. The van der Waals surface area contributed by atoms with Crippen LogP contribution in [0.4, 0.5) is 33.6 Å². The minimum atomic E-state index is -0.703. The SMILES string of the molecule is CCCNc1nc(Nc2ccc(C(N)=O)cc2)ncc1C(=O)Nc1cccc(NC(=O)CNC(=O)OC(C)(C)C)c1. The van der Waals surface area contributed by atoms with Gasteiger partial charge in [0, 0.05) is 35.4 Å². The lowest BCUT2D eigenvalue weighted by Gasteiger charge is -2.19. The molecule has 0 saturated heterocycles. The molecular formula is C28H34N8O5. The van der Waals surface area contributed by atoms with Gasteiger partial charge in [-0.15, -0.1) is 0 Å². The number of ether oxygens (including phenoxy) is 1. The van der Waals surface area contributed by atoms with Crippen molar-refractivity contribution in [3.05, 3.63) is 65.9 Å². The zero-order valence-electron chi connectivity index (χ0n) is 23.3. The molecule has 3 aromatic rings. The van der Waals surface area contributed by atoms with E-state index in [1.54, 1.807) is 69.3 Å². The summed E-state index contributed by atoms with van der Waals surface area (Å²) < 4.78 is 5.11. The summed E-state index contributed by atoms with van der Waals surface area (Å²) in [5.41, 5.74) is 6.66. The predicted octanol–water partition coefficient (Wildman–Crippen LogP) is 3.86. The Morgan fingerprint density at radius 3 is 2.27 bits per heavy atom. The number of primary amides is 1. The Morgan fingerprint density at radius 1 is 0.951 bits per heavy atom. The van der Waals surface area contributed by atoms with E-state index in [1.165, 1.54) is 6.20 Å². The van der Waals surface area contributed by atoms with Crippen LogP contribution in [-0.2, 0) is 9.53 Å². The van der Waals surface area contributed by atoms with Crippen LogP contribution in [0.3, 0.4) is 0 Å². The van der Waals surface area contributed by atoms with Gasteiger partial charge in [-0.05, 0) is 69.7 Å². The number of nitrogens with two attached hydrogens (primary N) is 1. The topological polar surface area (TPSA) is 189 Å². The molecule has 4 amide bonds. The molecule has 0 radical (unpaired) electrons. The number of nitrogens with one attached hydrogen (secondary N) is 5. The van der Waals surface area contributed by atoms with Crippen molar-refractivity contribution >= 4 is 52.6 Å². The first-order valence-electron chi connectivity index (χ1n) is 12.9. The lowest BCUT2D eigenvalue weighted by Crippen LogP contribution is -2.37. The lowest BCUT2D eigenvalue weighted by atomic mass is 10.2. The lowest BCUT2D eigenvalue weighted by molar-refractivity contribution is -0.115. The maximum atomic E-state index is 13.1. The third-order valence-electron chi connectivity index (χ3n) is 5.20. The smallest absolute Gasteiger partial charge is 0.408 e. The number of aromatic nitrogens is 2. The molecule has 0 aliphatic rings. The van der Waals surface area contributed by atoms with Crippen molar-refractivity contribution in [1.82, 2.24) is 15.3 Å². The van der Waals surface area contributed by atoms with Gasteiger partial charge in [-0.25, -0.2) is 9.78 Å². The van der Waals surface area contributed by atoms with Gasteiger partial charge in [0.15, 0.2) is 0 Å². The number of rotatable bonds is 11. The van der Waals surface area contributed by atoms with E-state index in [9.17, 15) is 19.2 Å².